The maximum Gasteiger partial charge on any atom is 0.243 e. The van der Waals surface area contributed by atoms with Gasteiger partial charge >= 0.3 is 0 Å². The summed E-state index contributed by atoms with van der Waals surface area (Å²) in [6.07, 6.45) is 0.515. The number of rotatable bonds is 7. The maximum atomic E-state index is 13.7. The highest BCUT2D eigenvalue weighted by molar-refractivity contribution is 7.89. The van der Waals surface area contributed by atoms with E-state index in [9.17, 15) is 12.8 Å². The molecule has 0 bridgehead atoms. The number of nitrogens with zero attached hydrogens (tertiary/aromatic N) is 6. The number of likely N-dealkylation sites (N-methyl/N-ethyl adjacent to an activating group) is 1. The minimum Gasteiger partial charge on any atom is -0.383 e. The summed E-state index contributed by atoms with van der Waals surface area (Å²) in [6.45, 7) is 3.02. The zero-order chi connectivity index (χ0) is 20.5. The Morgan fingerprint density at radius 3 is 2.79 bits per heavy atom. The molecule has 9 nitrogen and oxygen atoms in total. The van der Waals surface area contributed by atoms with E-state index in [4.69, 9.17) is 4.74 Å². The fourth-order valence-electron chi connectivity index (χ4n) is 3.57. The molecular weight excluding hydrogens is 387 g/mol. The van der Waals surface area contributed by atoms with Gasteiger partial charge in [-0.15, -0.1) is 5.10 Å². The number of halogens is 1. The van der Waals surface area contributed by atoms with E-state index < -0.39 is 21.4 Å². The maximum absolute atomic E-state index is 13.7. The number of hydrogen-bond donors (Lipinski definition) is 0. The van der Waals surface area contributed by atoms with Crippen LogP contribution in [0.15, 0.2) is 23.1 Å². The summed E-state index contributed by atoms with van der Waals surface area (Å²) in [4.78, 5) is 1.93. The van der Waals surface area contributed by atoms with Gasteiger partial charge in [0.15, 0.2) is 5.82 Å². The first-order valence-electron chi connectivity index (χ1n) is 8.92. The molecule has 0 radical (unpaired) electrons. The van der Waals surface area contributed by atoms with Crippen LogP contribution in [0.2, 0.25) is 0 Å². The van der Waals surface area contributed by atoms with E-state index in [1.165, 1.54) is 16.4 Å². The Labute approximate surface area is 164 Å². The van der Waals surface area contributed by atoms with Gasteiger partial charge in [-0.25, -0.2) is 17.5 Å². The van der Waals surface area contributed by atoms with E-state index in [-0.39, 0.29) is 18.0 Å². The summed E-state index contributed by atoms with van der Waals surface area (Å²) in [6, 6.07) is 3.80. The van der Waals surface area contributed by atoms with Crippen LogP contribution in [0.4, 0.5) is 4.39 Å². The highest BCUT2D eigenvalue weighted by Crippen LogP contribution is 2.38. The van der Waals surface area contributed by atoms with Crippen LogP contribution in [0.3, 0.4) is 0 Å². The predicted molar refractivity (Wildman–Crippen MR) is 99.6 cm³/mol. The van der Waals surface area contributed by atoms with Crippen molar-refractivity contribution in [3.63, 3.8) is 0 Å². The Morgan fingerprint density at radius 1 is 1.36 bits per heavy atom. The van der Waals surface area contributed by atoms with E-state index in [0.717, 1.165) is 6.07 Å². The van der Waals surface area contributed by atoms with Crippen molar-refractivity contribution in [3.05, 3.63) is 35.4 Å². The molecule has 1 saturated heterocycles. The van der Waals surface area contributed by atoms with Gasteiger partial charge in [-0.05, 0) is 55.6 Å². The average Bonchev–Trinajstić information content (AvgIpc) is 3.29. The number of methoxy groups -OCH3 is 1. The molecule has 1 fully saturated rings. The third-order valence-corrected chi connectivity index (χ3v) is 7.28. The molecule has 2 heterocycles. The van der Waals surface area contributed by atoms with Crippen molar-refractivity contribution in [2.24, 2.45) is 0 Å². The normalized spacial score (nSPS) is 20.9. The standard InChI is InChI=1S/C17H25FN6O3S/c1-13-5-6-14(18)11-15(13)28(25,26)23-8-7-17(12-23,22(2)3)16-19-20-21-24(16)9-10-27-4/h5-6,11H,7-10,12H2,1-4H3. The molecule has 1 atom stereocenters. The molecule has 0 saturated carbocycles. The summed E-state index contributed by atoms with van der Waals surface area (Å²) in [5, 5.41) is 12.0. The molecule has 28 heavy (non-hydrogen) atoms. The van der Waals surface area contributed by atoms with Gasteiger partial charge in [-0.1, -0.05) is 6.07 Å². The topological polar surface area (TPSA) is 93.4 Å². The third-order valence-electron chi connectivity index (χ3n) is 5.29. The molecule has 1 unspecified atom stereocenters. The van der Waals surface area contributed by atoms with E-state index in [1.54, 1.807) is 18.7 Å². The minimum atomic E-state index is -3.85. The van der Waals surface area contributed by atoms with Crippen LogP contribution in [0.5, 0.6) is 0 Å². The summed E-state index contributed by atoms with van der Waals surface area (Å²) in [5.74, 6) is 0.00830. The highest BCUT2D eigenvalue weighted by atomic mass is 32.2. The van der Waals surface area contributed by atoms with Crippen LogP contribution >= 0.6 is 0 Å². The van der Waals surface area contributed by atoms with E-state index in [2.05, 4.69) is 15.5 Å². The second kappa shape index (κ2) is 7.82. The molecule has 1 aliphatic heterocycles. The van der Waals surface area contributed by atoms with Gasteiger partial charge in [0.2, 0.25) is 10.0 Å². The van der Waals surface area contributed by atoms with Crippen molar-refractivity contribution >= 4 is 10.0 Å². The van der Waals surface area contributed by atoms with Crippen LogP contribution in [-0.4, -0.2) is 78.7 Å². The van der Waals surface area contributed by atoms with Crippen molar-refractivity contribution in [2.75, 3.05) is 40.9 Å². The number of tetrazole rings is 1. The lowest BCUT2D eigenvalue weighted by molar-refractivity contribution is 0.138. The van der Waals surface area contributed by atoms with Crippen molar-refractivity contribution in [1.82, 2.24) is 29.4 Å². The first-order chi connectivity index (χ1) is 13.2. The number of sulfonamides is 1. The van der Waals surface area contributed by atoms with Gasteiger partial charge in [-0.3, -0.25) is 4.90 Å². The molecule has 0 N–H and O–H groups in total. The van der Waals surface area contributed by atoms with Crippen molar-refractivity contribution in [2.45, 2.75) is 30.3 Å². The van der Waals surface area contributed by atoms with E-state index in [1.807, 2.05) is 19.0 Å². The van der Waals surface area contributed by atoms with Crippen LogP contribution in [-0.2, 0) is 26.8 Å². The molecule has 0 amide bonds. The fourth-order valence-corrected chi connectivity index (χ4v) is 5.30. The largest absolute Gasteiger partial charge is 0.383 e. The Bertz CT molecular complexity index is 948. The Morgan fingerprint density at radius 2 is 2.11 bits per heavy atom. The summed E-state index contributed by atoms with van der Waals surface area (Å²) >= 11 is 0. The minimum absolute atomic E-state index is 0.0129. The average molecular weight is 412 g/mol. The Kier molecular flexibility index (Phi) is 5.80. The van der Waals surface area contributed by atoms with Gasteiger partial charge in [0, 0.05) is 20.2 Å². The lowest BCUT2D eigenvalue weighted by Crippen LogP contribution is -2.47. The third kappa shape index (κ3) is 3.54. The second-order valence-electron chi connectivity index (χ2n) is 7.14. The quantitative estimate of drug-likeness (QED) is 0.658. The summed E-state index contributed by atoms with van der Waals surface area (Å²) in [5.41, 5.74) is -0.181. The molecule has 0 aliphatic carbocycles. The number of ether oxygens (including phenoxy) is 1. The SMILES string of the molecule is COCCn1nnnc1C1(N(C)C)CCN(S(=O)(=O)c2cc(F)ccc2C)C1. The van der Waals surface area contributed by atoms with E-state index >= 15 is 0 Å². The molecule has 11 heteroatoms. The smallest absolute Gasteiger partial charge is 0.243 e. The van der Waals surface area contributed by atoms with Gasteiger partial charge in [-0.2, -0.15) is 4.31 Å². The number of hydrogen-bond acceptors (Lipinski definition) is 7. The van der Waals surface area contributed by atoms with Gasteiger partial charge in [0.05, 0.1) is 23.6 Å². The zero-order valence-electron chi connectivity index (χ0n) is 16.5. The molecule has 1 aromatic carbocycles. The van der Waals surface area contributed by atoms with Crippen LogP contribution < -0.4 is 0 Å². The summed E-state index contributed by atoms with van der Waals surface area (Å²) in [7, 11) is 1.49. The molecule has 2 aromatic rings. The molecule has 3 rings (SSSR count). The van der Waals surface area contributed by atoms with Gasteiger partial charge in [0.1, 0.15) is 5.82 Å². The fraction of sp³-hybridized carbons (Fsp3) is 0.588. The molecule has 1 aliphatic rings. The Balaban J connectivity index is 1.97. The van der Waals surface area contributed by atoms with Gasteiger partial charge < -0.3 is 4.74 Å². The monoisotopic (exact) mass is 412 g/mol. The number of aryl methyl sites for hydroxylation is 1. The number of benzene rings is 1. The highest BCUT2D eigenvalue weighted by Gasteiger charge is 2.49. The van der Waals surface area contributed by atoms with Crippen molar-refractivity contribution in [3.8, 4) is 0 Å². The predicted octanol–water partition coefficient (Wildman–Crippen LogP) is 0.619. The first kappa shape index (κ1) is 20.8. The van der Waals surface area contributed by atoms with E-state index in [0.29, 0.717) is 31.0 Å². The van der Waals surface area contributed by atoms with Crippen LogP contribution in [0.25, 0.3) is 0 Å². The molecule has 1 aromatic heterocycles. The second-order valence-corrected chi connectivity index (χ2v) is 9.05. The zero-order valence-corrected chi connectivity index (χ0v) is 17.3. The Hall–Kier alpha value is -1.95. The molecule has 154 valence electrons. The van der Waals surface area contributed by atoms with Crippen molar-refractivity contribution in [1.29, 1.82) is 0 Å². The van der Waals surface area contributed by atoms with Gasteiger partial charge in [0.25, 0.3) is 0 Å². The molecular formula is C17H25FN6O3S. The molecule has 0 spiro atoms. The number of aromatic nitrogens is 4. The lowest BCUT2D eigenvalue weighted by atomic mass is 9.96. The van der Waals surface area contributed by atoms with Crippen molar-refractivity contribution < 1.29 is 17.5 Å². The van der Waals surface area contributed by atoms with Crippen LogP contribution in [0.1, 0.15) is 17.8 Å². The summed E-state index contributed by atoms with van der Waals surface area (Å²) < 4.78 is 48.3. The lowest BCUT2D eigenvalue weighted by Gasteiger charge is -2.34. The van der Waals surface area contributed by atoms with Crippen LogP contribution in [0, 0.1) is 12.7 Å². The first-order valence-corrected chi connectivity index (χ1v) is 10.4.